The number of rotatable bonds is 3. The maximum absolute atomic E-state index is 12.1. The van der Waals surface area contributed by atoms with Crippen molar-refractivity contribution >= 4 is 5.78 Å². The molecule has 0 saturated heterocycles. The van der Waals surface area contributed by atoms with Crippen molar-refractivity contribution in [3.63, 3.8) is 0 Å². The minimum absolute atomic E-state index is 0.0233. The van der Waals surface area contributed by atoms with Crippen LogP contribution in [0, 0.1) is 0 Å². The molecule has 2 aromatic rings. The third kappa shape index (κ3) is 1.84. The Morgan fingerprint density at radius 1 is 1.19 bits per heavy atom. The molecule has 0 atom stereocenters. The van der Waals surface area contributed by atoms with Gasteiger partial charge in [0, 0.05) is 18.8 Å². The SMILES string of the molecule is COc1ccc(C(=O)c2cccn2C)cc1. The van der Waals surface area contributed by atoms with Gasteiger partial charge in [0.1, 0.15) is 5.75 Å². The van der Waals surface area contributed by atoms with Gasteiger partial charge in [0.25, 0.3) is 0 Å². The minimum Gasteiger partial charge on any atom is -0.497 e. The maximum Gasteiger partial charge on any atom is 0.209 e. The van der Waals surface area contributed by atoms with Gasteiger partial charge in [-0.1, -0.05) is 0 Å². The van der Waals surface area contributed by atoms with Gasteiger partial charge in [-0.3, -0.25) is 4.79 Å². The summed E-state index contributed by atoms with van der Waals surface area (Å²) in [4.78, 5) is 12.1. The molecule has 0 aliphatic rings. The Kier molecular flexibility index (Phi) is 2.77. The number of aromatic nitrogens is 1. The lowest BCUT2D eigenvalue weighted by atomic mass is 10.1. The van der Waals surface area contributed by atoms with Crippen LogP contribution in [-0.2, 0) is 7.05 Å². The lowest BCUT2D eigenvalue weighted by Gasteiger charge is -2.04. The Bertz CT molecular complexity index is 497. The van der Waals surface area contributed by atoms with Gasteiger partial charge in [0.15, 0.2) is 0 Å². The first-order valence-electron chi connectivity index (χ1n) is 5.02. The molecular formula is C13H13NO2. The van der Waals surface area contributed by atoms with Gasteiger partial charge in [0.2, 0.25) is 5.78 Å². The van der Waals surface area contributed by atoms with Crippen LogP contribution in [0.1, 0.15) is 16.1 Å². The van der Waals surface area contributed by atoms with E-state index in [1.165, 1.54) is 0 Å². The second kappa shape index (κ2) is 4.23. The fraction of sp³-hybridized carbons (Fsp3) is 0.154. The zero-order valence-electron chi connectivity index (χ0n) is 9.31. The number of nitrogens with zero attached hydrogens (tertiary/aromatic N) is 1. The molecule has 2 rings (SSSR count). The molecule has 1 heterocycles. The average molecular weight is 215 g/mol. The molecule has 1 aromatic carbocycles. The standard InChI is InChI=1S/C13H13NO2/c1-14-9-3-4-12(14)13(15)10-5-7-11(16-2)8-6-10/h3-9H,1-2H3. The molecule has 3 nitrogen and oxygen atoms in total. The van der Waals surface area contributed by atoms with E-state index in [4.69, 9.17) is 4.74 Å². The van der Waals surface area contributed by atoms with Crippen molar-refractivity contribution in [1.82, 2.24) is 4.57 Å². The first-order valence-corrected chi connectivity index (χ1v) is 5.02. The van der Waals surface area contributed by atoms with E-state index < -0.39 is 0 Å². The van der Waals surface area contributed by atoms with Gasteiger partial charge in [-0.25, -0.2) is 0 Å². The van der Waals surface area contributed by atoms with Gasteiger partial charge in [-0.05, 0) is 36.4 Å². The van der Waals surface area contributed by atoms with E-state index in [1.54, 1.807) is 31.4 Å². The zero-order chi connectivity index (χ0) is 11.5. The number of hydrogen-bond acceptors (Lipinski definition) is 2. The zero-order valence-corrected chi connectivity index (χ0v) is 9.31. The molecule has 0 fully saturated rings. The van der Waals surface area contributed by atoms with Crippen LogP contribution < -0.4 is 4.74 Å². The number of carbonyl (C=O) groups excluding carboxylic acids is 1. The molecule has 0 bridgehead atoms. The first-order chi connectivity index (χ1) is 7.72. The second-order valence-electron chi connectivity index (χ2n) is 3.56. The van der Waals surface area contributed by atoms with Crippen LogP contribution in [0.15, 0.2) is 42.6 Å². The molecule has 0 amide bonds. The first kappa shape index (κ1) is 10.5. The number of carbonyl (C=O) groups is 1. The van der Waals surface area contributed by atoms with Gasteiger partial charge in [-0.15, -0.1) is 0 Å². The van der Waals surface area contributed by atoms with E-state index in [-0.39, 0.29) is 5.78 Å². The normalized spacial score (nSPS) is 10.1. The maximum atomic E-state index is 12.1. The van der Waals surface area contributed by atoms with Crippen LogP contribution in [0.4, 0.5) is 0 Å². The number of methoxy groups -OCH3 is 1. The molecule has 0 N–H and O–H groups in total. The minimum atomic E-state index is 0.0233. The summed E-state index contributed by atoms with van der Waals surface area (Å²) >= 11 is 0. The van der Waals surface area contributed by atoms with Crippen LogP contribution in [0.5, 0.6) is 5.75 Å². The Morgan fingerprint density at radius 3 is 2.38 bits per heavy atom. The second-order valence-corrected chi connectivity index (χ2v) is 3.56. The smallest absolute Gasteiger partial charge is 0.209 e. The molecule has 0 spiro atoms. The van der Waals surface area contributed by atoms with Crippen LogP contribution in [0.2, 0.25) is 0 Å². The largest absolute Gasteiger partial charge is 0.497 e. The lowest BCUT2D eigenvalue weighted by Crippen LogP contribution is -2.06. The van der Waals surface area contributed by atoms with Gasteiger partial charge in [0.05, 0.1) is 12.8 Å². The molecule has 0 aliphatic heterocycles. The van der Waals surface area contributed by atoms with Crippen molar-refractivity contribution < 1.29 is 9.53 Å². The highest BCUT2D eigenvalue weighted by Crippen LogP contribution is 2.14. The summed E-state index contributed by atoms with van der Waals surface area (Å²) in [5, 5.41) is 0. The van der Waals surface area contributed by atoms with Crippen molar-refractivity contribution in [1.29, 1.82) is 0 Å². The number of ketones is 1. The van der Waals surface area contributed by atoms with E-state index in [9.17, 15) is 4.79 Å². The molecule has 0 unspecified atom stereocenters. The van der Waals surface area contributed by atoms with E-state index in [2.05, 4.69) is 0 Å². The highest BCUT2D eigenvalue weighted by molar-refractivity contribution is 6.08. The summed E-state index contributed by atoms with van der Waals surface area (Å²) in [7, 11) is 3.46. The highest BCUT2D eigenvalue weighted by atomic mass is 16.5. The molecule has 0 saturated carbocycles. The Balaban J connectivity index is 2.31. The number of ether oxygens (including phenoxy) is 1. The molecule has 1 aromatic heterocycles. The highest BCUT2D eigenvalue weighted by Gasteiger charge is 2.11. The summed E-state index contributed by atoms with van der Waals surface area (Å²) in [6.07, 6.45) is 1.86. The van der Waals surface area contributed by atoms with Crippen LogP contribution in [0.25, 0.3) is 0 Å². The van der Waals surface area contributed by atoms with E-state index in [1.807, 2.05) is 29.9 Å². The summed E-state index contributed by atoms with van der Waals surface area (Å²) in [5.41, 5.74) is 1.35. The predicted octanol–water partition coefficient (Wildman–Crippen LogP) is 2.26. The van der Waals surface area contributed by atoms with Crippen LogP contribution in [-0.4, -0.2) is 17.5 Å². The quantitative estimate of drug-likeness (QED) is 0.735. The summed E-state index contributed by atoms with van der Waals surface area (Å²) < 4.78 is 6.86. The molecule has 0 radical (unpaired) electrons. The molecular weight excluding hydrogens is 202 g/mol. The summed E-state index contributed by atoms with van der Waals surface area (Å²) in [5.74, 6) is 0.776. The third-order valence-corrected chi connectivity index (χ3v) is 2.53. The molecule has 82 valence electrons. The number of hydrogen-bond donors (Lipinski definition) is 0. The molecule has 16 heavy (non-hydrogen) atoms. The summed E-state index contributed by atoms with van der Waals surface area (Å²) in [6.45, 7) is 0. The Hall–Kier alpha value is -2.03. The number of benzene rings is 1. The monoisotopic (exact) mass is 215 g/mol. The van der Waals surface area contributed by atoms with E-state index in [0.717, 1.165) is 5.75 Å². The van der Waals surface area contributed by atoms with Crippen LogP contribution in [0.3, 0.4) is 0 Å². The molecule has 0 aliphatic carbocycles. The Labute approximate surface area is 94.3 Å². The van der Waals surface area contributed by atoms with Crippen molar-refractivity contribution in [3.8, 4) is 5.75 Å². The fourth-order valence-electron chi connectivity index (χ4n) is 1.59. The van der Waals surface area contributed by atoms with Crippen molar-refractivity contribution in [2.45, 2.75) is 0 Å². The third-order valence-electron chi connectivity index (χ3n) is 2.53. The lowest BCUT2D eigenvalue weighted by molar-refractivity contribution is 0.103. The van der Waals surface area contributed by atoms with E-state index >= 15 is 0 Å². The van der Waals surface area contributed by atoms with Gasteiger partial charge in [-0.2, -0.15) is 0 Å². The van der Waals surface area contributed by atoms with E-state index in [0.29, 0.717) is 11.3 Å². The Morgan fingerprint density at radius 2 is 1.88 bits per heavy atom. The van der Waals surface area contributed by atoms with Gasteiger partial charge >= 0.3 is 0 Å². The fourth-order valence-corrected chi connectivity index (χ4v) is 1.59. The topological polar surface area (TPSA) is 31.2 Å². The van der Waals surface area contributed by atoms with Crippen LogP contribution >= 0.6 is 0 Å². The van der Waals surface area contributed by atoms with Crippen molar-refractivity contribution in [2.75, 3.05) is 7.11 Å². The molecule has 3 heteroatoms. The number of aryl methyl sites for hydroxylation is 1. The summed E-state index contributed by atoms with van der Waals surface area (Å²) in [6, 6.07) is 10.8. The van der Waals surface area contributed by atoms with Crippen molar-refractivity contribution in [3.05, 3.63) is 53.9 Å². The average Bonchev–Trinajstić information content (AvgIpc) is 2.75. The predicted molar refractivity (Wildman–Crippen MR) is 61.8 cm³/mol. The van der Waals surface area contributed by atoms with Crippen molar-refractivity contribution in [2.24, 2.45) is 7.05 Å². The van der Waals surface area contributed by atoms with Gasteiger partial charge < -0.3 is 9.30 Å².